The minimum Gasteiger partial charge on any atom is -0.497 e. The third-order valence-electron chi connectivity index (χ3n) is 5.08. The maximum atomic E-state index is 12.9. The molecule has 0 aliphatic heterocycles. The summed E-state index contributed by atoms with van der Waals surface area (Å²) in [6.45, 7) is 0.510. The molecule has 0 fully saturated rings. The van der Waals surface area contributed by atoms with Crippen molar-refractivity contribution in [2.24, 2.45) is 0 Å². The topological polar surface area (TPSA) is 57.2 Å². The van der Waals surface area contributed by atoms with Crippen LogP contribution in [0.4, 0.5) is 0 Å². The number of carbonyl (C=O) groups excluding carboxylic acids is 1. The third-order valence-corrected chi connectivity index (χ3v) is 5.08. The summed E-state index contributed by atoms with van der Waals surface area (Å²) >= 11 is 0. The molecule has 0 aromatic heterocycles. The van der Waals surface area contributed by atoms with Crippen LogP contribution in [-0.4, -0.2) is 46.3 Å². The zero-order valence-electron chi connectivity index (χ0n) is 18.0. The van der Waals surface area contributed by atoms with Crippen LogP contribution in [0.5, 0.6) is 23.0 Å². The van der Waals surface area contributed by atoms with E-state index in [2.05, 4.69) is 6.07 Å². The lowest BCUT2D eigenvalue weighted by atomic mass is 10.1. The molecular weight excluding hydrogens is 382 g/mol. The molecule has 0 aliphatic carbocycles. The molecule has 1 amide bonds. The summed E-state index contributed by atoms with van der Waals surface area (Å²) in [5.41, 5.74) is 1.81. The second kappa shape index (κ2) is 9.39. The van der Waals surface area contributed by atoms with E-state index in [1.165, 1.54) is 0 Å². The van der Waals surface area contributed by atoms with Gasteiger partial charge < -0.3 is 23.8 Å². The lowest BCUT2D eigenvalue weighted by Gasteiger charge is -2.20. The van der Waals surface area contributed by atoms with Gasteiger partial charge in [-0.05, 0) is 40.6 Å². The summed E-state index contributed by atoms with van der Waals surface area (Å²) in [6.07, 6.45) is 0.199. The number of ether oxygens (including phenoxy) is 4. The van der Waals surface area contributed by atoms with Crippen LogP contribution in [0.3, 0.4) is 0 Å². The van der Waals surface area contributed by atoms with Crippen LogP contribution in [0.2, 0.25) is 0 Å². The van der Waals surface area contributed by atoms with Crippen molar-refractivity contribution in [3.8, 4) is 23.0 Å². The lowest BCUT2D eigenvalue weighted by molar-refractivity contribution is -0.129. The molecule has 0 N–H and O–H groups in total. The van der Waals surface area contributed by atoms with Gasteiger partial charge in [-0.15, -0.1) is 0 Å². The van der Waals surface area contributed by atoms with Gasteiger partial charge in [-0.1, -0.05) is 24.3 Å². The maximum absolute atomic E-state index is 12.9. The van der Waals surface area contributed by atoms with Crippen LogP contribution in [0, 0.1) is 0 Å². The first-order valence-corrected chi connectivity index (χ1v) is 9.59. The van der Waals surface area contributed by atoms with Gasteiger partial charge in [-0.25, -0.2) is 0 Å². The molecule has 6 heteroatoms. The van der Waals surface area contributed by atoms with Crippen LogP contribution in [0.25, 0.3) is 10.8 Å². The summed E-state index contributed by atoms with van der Waals surface area (Å²) in [5.74, 6) is 2.37. The van der Waals surface area contributed by atoms with Gasteiger partial charge >= 0.3 is 0 Å². The van der Waals surface area contributed by atoms with Crippen molar-refractivity contribution in [1.29, 1.82) is 0 Å². The molecule has 0 saturated carbocycles. The summed E-state index contributed by atoms with van der Waals surface area (Å²) in [7, 11) is 8.12. The molecule has 0 aliphatic rings. The van der Waals surface area contributed by atoms with Gasteiger partial charge in [0.15, 0.2) is 11.5 Å². The molecule has 3 rings (SSSR count). The first-order chi connectivity index (χ1) is 14.5. The Morgan fingerprint density at radius 1 is 0.800 bits per heavy atom. The van der Waals surface area contributed by atoms with Gasteiger partial charge in [0, 0.05) is 19.2 Å². The number of hydrogen-bond acceptors (Lipinski definition) is 5. The predicted octanol–water partition coefficient (Wildman–Crippen LogP) is 4.08. The Bertz CT molecular complexity index is 1050. The zero-order valence-corrected chi connectivity index (χ0v) is 18.0. The van der Waals surface area contributed by atoms with Gasteiger partial charge in [-0.2, -0.15) is 0 Å². The van der Waals surface area contributed by atoms with Gasteiger partial charge in [0.05, 0.1) is 34.9 Å². The Balaban J connectivity index is 1.76. The van der Waals surface area contributed by atoms with Crippen LogP contribution in [-0.2, 0) is 17.8 Å². The highest BCUT2D eigenvalue weighted by Gasteiger charge is 2.19. The highest BCUT2D eigenvalue weighted by Crippen LogP contribution is 2.40. The average Bonchev–Trinajstić information content (AvgIpc) is 2.77. The van der Waals surface area contributed by atoms with Gasteiger partial charge in [0.1, 0.15) is 5.75 Å². The van der Waals surface area contributed by atoms with E-state index in [0.717, 1.165) is 27.6 Å². The minimum absolute atomic E-state index is 0.0182. The molecule has 0 unspecified atom stereocenters. The third kappa shape index (κ3) is 4.43. The maximum Gasteiger partial charge on any atom is 0.227 e. The molecular formula is C24H27NO5. The Kier molecular flexibility index (Phi) is 6.67. The average molecular weight is 409 g/mol. The number of likely N-dealkylation sites (N-methyl/N-ethyl adjacent to an activating group) is 1. The molecule has 3 aromatic carbocycles. The van der Waals surface area contributed by atoms with Crippen LogP contribution in [0.15, 0.2) is 48.5 Å². The molecule has 0 heterocycles. The van der Waals surface area contributed by atoms with E-state index in [-0.39, 0.29) is 12.3 Å². The Morgan fingerprint density at radius 2 is 1.50 bits per heavy atom. The molecule has 0 radical (unpaired) electrons. The zero-order chi connectivity index (χ0) is 21.7. The second-order valence-corrected chi connectivity index (χ2v) is 6.97. The number of carbonyl (C=O) groups is 1. The predicted molar refractivity (Wildman–Crippen MR) is 117 cm³/mol. The number of rotatable bonds is 8. The van der Waals surface area contributed by atoms with Gasteiger partial charge in [-0.3, -0.25) is 4.79 Å². The molecule has 0 spiro atoms. The second-order valence-electron chi connectivity index (χ2n) is 6.97. The fourth-order valence-electron chi connectivity index (χ4n) is 3.46. The first kappa shape index (κ1) is 21.3. The van der Waals surface area contributed by atoms with E-state index >= 15 is 0 Å². The first-order valence-electron chi connectivity index (χ1n) is 9.59. The van der Waals surface area contributed by atoms with E-state index in [1.54, 1.807) is 46.5 Å². The van der Waals surface area contributed by atoms with Crippen molar-refractivity contribution < 1.29 is 23.7 Å². The quantitative estimate of drug-likeness (QED) is 0.561. The highest BCUT2D eigenvalue weighted by molar-refractivity contribution is 5.85. The Morgan fingerprint density at radius 3 is 2.17 bits per heavy atom. The number of methoxy groups -OCH3 is 4. The number of hydrogen-bond donors (Lipinski definition) is 0. The minimum atomic E-state index is -0.0182. The van der Waals surface area contributed by atoms with Gasteiger partial charge in [0.25, 0.3) is 0 Å². The van der Waals surface area contributed by atoms with Crippen LogP contribution < -0.4 is 18.9 Å². The Hall–Kier alpha value is -3.41. The highest BCUT2D eigenvalue weighted by atomic mass is 16.5. The summed E-state index contributed by atoms with van der Waals surface area (Å²) < 4.78 is 21.5. The normalized spacial score (nSPS) is 10.6. The fraction of sp³-hybridized carbons (Fsp3) is 0.292. The number of fused-ring (bicyclic) bond motifs is 1. The smallest absolute Gasteiger partial charge is 0.227 e. The summed E-state index contributed by atoms with van der Waals surface area (Å²) in [4.78, 5) is 14.6. The summed E-state index contributed by atoms with van der Waals surface area (Å²) in [6, 6.07) is 15.7. The standard InChI is InChI=1S/C24H27NO5/c1-25(15-16-6-7-18-13-20(27-2)10-8-17(18)12-16)22(26)14-19-9-11-21(28-3)24(30-5)23(19)29-4/h6-13H,14-15H2,1-5H3. The van der Waals surface area contributed by atoms with Crippen molar-refractivity contribution in [2.75, 3.05) is 35.5 Å². The number of nitrogens with zero attached hydrogens (tertiary/aromatic N) is 1. The van der Waals surface area contributed by atoms with E-state index in [9.17, 15) is 4.79 Å². The van der Waals surface area contributed by atoms with Crippen molar-refractivity contribution >= 4 is 16.7 Å². The Labute approximate surface area is 176 Å². The van der Waals surface area contributed by atoms with Crippen LogP contribution >= 0.6 is 0 Å². The molecule has 30 heavy (non-hydrogen) atoms. The SMILES string of the molecule is COc1ccc2cc(CN(C)C(=O)Cc3ccc(OC)c(OC)c3OC)ccc2c1. The van der Waals surface area contributed by atoms with Crippen molar-refractivity contribution in [3.63, 3.8) is 0 Å². The van der Waals surface area contributed by atoms with Crippen LogP contribution in [0.1, 0.15) is 11.1 Å². The number of benzene rings is 3. The number of amides is 1. The van der Waals surface area contributed by atoms with E-state index in [0.29, 0.717) is 23.8 Å². The van der Waals surface area contributed by atoms with Crippen molar-refractivity contribution in [2.45, 2.75) is 13.0 Å². The molecule has 3 aromatic rings. The summed E-state index contributed by atoms with van der Waals surface area (Å²) in [5, 5.41) is 2.21. The van der Waals surface area contributed by atoms with E-state index in [4.69, 9.17) is 18.9 Å². The van der Waals surface area contributed by atoms with E-state index < -0.39 is 0 Å². The fourth-order valence-corrected chi connectivity index (χ4v) is 3.46. The molecule has 158 valence electrons. The lowest BCUT2D eigenvalue weighted by Crippen LogP contribution is -2.27. The van der Waals surface area contributed by atoms with Gasteiger partial charge in [0.2, 0.25) is 11.7 Å². The molecule has 0 atom stereocenters. The van der Waals surface area contributed by atoms with Crippen molar-refractivity contribution in [3.05, 3.63) is 59.7 Å². The largest absolute Gasteiger partial charge is 0.497 e. The molecule has 6 nitrogen and oxygen atoms in total. The van der Waals surface area contributed by atoms with Crippen molar-refractivity contribution in [1.82, 2.24) is 4.90 Å². The molecule has 0 saturated heterocycles. The monoisotopic (exact) mass is 409 g/mol. The molecule has 0 bridgehead atoms. The van der Waals surface area contributed by atoms with E-state index in [1.807, 2.05) is 36.4 Å².